The van der Waals surface area contributed by atoms with Crippen LogP contribution < -0.4 is 5.73 Å². The third-order valence-electron chi connectivity index (χ3n) is 3.43. The quantitative estimate of drug-likeness (QED) is 0.394. The highest BCUT2D eigenvalue weighted by molar-refractivity contribution is 7.99. The van der Waals surface area contributed by atoms with Gasteiger partial charge >= 0.3 is 0 Å². The standard InChI is InChI=1S/C15H15N3OS/c16-15(18-19)12-5-7-14(17-9-12)20-13-6-4-10-2-1-3-11(10)8-13/h4-9,19H,1-3H2,(H2,16,18). The Hall–Kier alpha value is -2.01. The van der Waals surface area contributed by atoms with E-state index in [1.165, 1.54) is 35.3 Å². The summed E-state index contributed by atoms with van der Waals surface area (Å²) in [6.07, 6.45) is 5.26. The van der Waals surface area contributed by atoms with E-state index in [-0.39, 0.29) is 5.84 Å². The summed E-state index contributed by atoms with van der Waals surface area (Å²) < 4.78 is 0. The zero-order valence-corrected chi connectivity index (χ0v) is 11.7. The predicted octanol–water partition coefficient (Wildman–Crippen LogP) is 2.82. The highest BCUT2D eigenvalue weighted by atomic mass is 32.2. The fourth-order valence-corrected chi connectivity index (χ4v) is 3.20. The second-order valence-electron chi connectivity index (χ2n) is 4.76. The molecule has 0 saturated carbocycles. The average Bonchev–Trinajstić information content (AvgIpc) is 2.95. The Morgan fingerprint density at radius 1 is 1.20 bits per heavy atom. The van der Waals surface area contributed by atoms with E-state index in [2.05, 4.69) is 28.3 Å². The molecule has 0 unspecified atom stereocenters. The largest absolute Gasteiger partial charge is 0.409 e. The van der Waals surface area contributed by atoms with Gasteiger partial charge in [-0.05, 0) is 54.7 Å². The summed E-state index contributed by atoms with van der Waals surface area (Å²) in [6.45, 7) is 0. The second-order valence-corrected chi connectivity index (χ2v) is 5.85. The molecule has 1 aliphatic carbocycles. The number of benzene rings is 1. The van der Waals surface area contributed by atoms with Crippen LogP contribution in [-0.2, 0) is 12.8 Å². The van der Waals surface area contributed by atoms with Crippen LogP contribution in [0.3, 0.4) is 0 Å². The normalized spacial score (nSPS) is 14.3. The van der Waals surface area contributed by atoms with E-state index >= 15 is 0 Å². The minimum absolute atomic E-state index is 0.0755. The third-order valence-corrected chi connectivity index (χ3v) is 4.37. The predicted molar refractivity (Wildman–Crippen MR) is 79.3 cm³/mol. The first-order valence-corrected chi connectivity index (χ1v) is 7.31. The Morgan fingerprint density at radius 2 is 2.05 bits per heavy atom. The summed E-state index contributed by atoms with van der Waals surface area (Å²) >= 11 is 1.63. The van der Waals surface area contributed by atoms with Gasteiger partial charge < -0.3 is 10.9 Å². The SMILES string of the molecule is N/C(=N\O)c1ccc(Sc2ccc3c(c2)CCC3)nc1. The lowest BCUT2D eigenvalue weighted by atomic mass is 10.1. The van der Waals surface area contributed by atoms with Crippen LogP contribution in [0.4, 0.5) is 0 Å². The molecule has 0 radical (unpaired) electrons. The summed E-state index contributed by atoms with van der Waals surface area (Å²) in [7, 11) is 0. The zero-order valence-electron chi connectivity index (χ0n) is 10.9. The summed E-state index contributed by atoms with van der Waals surface area (Å²) in [4.78, 5) is 5.53. The number of aromatic nitrogens is 1. The van der Waals surface area contributed by atoms with Gasteiger partial charge in [0.1, 0.15) is 5.03 Å². The molecule has 1 aliphatic rings. The summed E-state index contributed by atoms with van der Waals surface area (Å²) in [5.74, 6) is 0.0755. The van der Waals surface area contributed by atoms with Crippen molar-refractivity contribution in [3.63, 3.8) is 0 Å². The van der Waals surface area contributed by atoms with Crippen LogP contribution >= 0.6 is 11.8 Å². The van der Waals surface area contributed by atoms with Crippen LogP contribution in [0.15, 0.2) is 51.6 Å². The Morgan fingerprint density at radius 3 is 2.80 bits per heavy atom. The van der Waals surface area contributed by atoms with Gasteiger partial charge in [0.15, 0.2) is 5.84 Å². The van der Waals surface area contributed by atoms with E-state index in [1.54, 1.807) is 24.0 Å². The van der Waals surface area contributed by atoms with Gasteiger partial charge in [0.2, 0.25) is 0 Å². The van der Waals surface area contributed by atoms with Crippen molar-refractivity contribution in [2.45, 2.75) is 29.2 Å². The van der Waals surface area contributed by atoms with Crippen LogP contribution in [0.1, 0.15) is 23.1 Å². The molecule has 0 bridgehead atoms. The summed E-state index contributed by atoms with van der Waals surface area (Å²) in [5.41, 5.74) is 9.07. The molecule has 0 spiro atoms. The molecule has 4 nitrogen and oxygen atoms in total. The molecular weight excluding hydrogens is 270 g/mol. The Balaban J connectivity index is 1.78. The molecule has 0 atom stereocenters. The Bertz CT molecular complexity index is 653. The second kappa shape index (κ2) is 5.54. The molecule has 0 fully saturated rings. The van der Waals surface area contributed by atoms with E-state index in [4.69, 9.17) is 10.9 Å². The minimum atomic E-state index is 0.0755. The fourth-order valence-electron chi connectivity index (χ4n) is 2.38. The molecule has 1 aromatic carbocycles. The van der Waals surface area contributed by atoms with E-state index in [9.17, 15) is 0 Å². The molecule has 3 N–H and O–H groups in total. The van der Waals surface area contributed by atoms with Gasteiger partial charge in [-0.3, -0.25) is 0 Å². The maximum atomic E-state index is 8.61. The molecule has 0 aliphatic heterocycles. The molecular formula is C15H15N3OS. The number of oxime groups is 1. The third kappa shape index (κ3) is 2.63. The Labute approximate surface area is 121 Å². The molecule has 1 heterocycles. The number of amidine groups is 1. The topological polar surface area (TPSA) is 71.5 Å². The molecule has 20 heavy (non-hydrogen) atoms. The Kier molecular flexibility index (Phi) is 3.60. The molecule has 5 heteroatoms. The molecule has 102 valence electrons. The number of fused-ring (bicyclic) bond motifs is 1. The van der Waals surface area contributed by atoms with Crippen molar-refractivity contribution in [2.75, 3.05) is 0 Å². The lowest BCUT2D eigenvalue weighted by molar-refractivity contribution is 0.318. The molecule has 1 aromatic heterocycles. The number of nitrogens with two attached hydrogens (primary N) is 1. The van der Waals surface area contributed by atoms with Gasteiger partial charge in [-0.2, -0.15) is 0 Å². The number of nitrogens with zero attached hydrogens (tertiary/aromatic N) is 2. The van der Waals surface area contributed by atoms with Crippen molar-refractivity contribution in [1.29, 1.82) is 0 Å². The van der Waals surface area contributed by atoms with Gasteiger partial charge in [-0.25, -0.2) is 4.98 Å². The number of hydrogen-bond donors (Lipinski definition) is 2. The van der Waals surface area contributed by atoms with E-state index in [0.717, 1.165) is 5.03 Å². The van der Waals surface area contributed by atoms with Crippen LogP contribution in [0.5, 0.6) is 0 Å². The van der Waals surface area contributed by atoms with Gasteiger partial charge in [-0.15, -0.1) is 0 Å². The summed E-state index contributed by atoms with van der Waals surface area (Å²) in [5, 5.41) is 12.5. The van der Waals surface area contributed by atoms with E-state index < -0.39 is 0 Å². The van der Waals surface area contributed by atoms with E-state index in [0.29, 0.717) is 5.56 Å². The van der Waals surface area contributed by atoms with Crippen LogP contribution in [-0.4, -0.2) is 16.0 Å². The molecule has 2 aromatic rings. The maximum absolute atomic E-state index is 8.61. The first-order valence-electron chi connectivity index (χ1n) is 6.50. The molecule has 3 rings (SSSR count). The summed E-state index contributed by atoms with van der Waals surface area (Å²) in [6, 6.07) is 10.3. The monoisotopic (exact) mass is 285 g/mol. The van der Waals surface area contributed by atoms with Crippen molar-refractivity contribution in [3.8, 4) is 0 Å². The highest BCUT2D eigenvalue weighted by Gasteiger charge is 2.11. The van der Waals surface area contributed by atoms with Crippen molar-refractivity contribution in [3.05, 3.63) is 53.2 Å². The van der Waals surface area contributed by atoms with Gasteiger partial charge in [-0.1, -0.05) is 23.0 Å². The fraction of sp³-hybridized carbons (Fsp3) is 0.200. The maximum Gasteiger partial charge on any atom is 0.171 e. The van der Waals surface area contributed by atoms with Crippen molar-refractivity contribution in [2.24, 2.45) is 10.9 Å². The minimum Gasteiger partial charge on any atom is -0.409 e. The highest BCUT2D eigenvalue weighted by Crippen LogP contribution is 2.31. The lowest BCUT2D eigenvalue weighted by Gasteiger charge is -2.05. The van der Waals surface area contributed by atoms with E-state index in [1.807, 2.05) is 6.07 Å². The first-order chi connectivity index (χ1) is 9.76. The van der Waals surface area contributed by atoms with Gasteiger partial charge in [0.05, 0.1) is 0 Å². The van der Waals surface area contributed by atoms with Gasteiger partial charge in [0, 0.05) is 16.7 Å². The van der Waals surface area contributed by atoms with Crippen molar-refractivity contribution in [1.82, 2.24) is 4.98 Å². The number of pyridine rings is 1. The van der Waals surface area contributed by atoms with Crippen LogP contribution in [0.2, 0.25) is 0 Å². The van der Waals surface area contributed by atoms with Crippen molar-refractivity contribution < 1.29 is 5.21 Å². The number of aryl methyl sites for hydroxylation is 2. The zero-order chi connectivity index (χ0) is 13.9. The first kappa shape index (κ1) is 13.0. The van der Waals surface area contributed by atoms with Crippen molar-refractivity contribution >= 4 is 17.6 Å². The lowest BCUT2D eigenvalue weighted by Crippen LogP contribution is -2.13. The molecule has 0 saturated heterocycles. The van der Waals surface area contributed by atoms with Gasteiger partial charge in [0.25, 0.3) is 0 Å². The van der Waals surface area contributed by atoms with Crippen LogP contribution in [0, 0.1) is 0 Å². The van der Waals surface area contributed by atoms with Crippen LogP contribution in [0.25, 0.3) is 0 Å². The number of rotatable bonds is 3. The molecule has 0 amide bonds. The smallest absolute Gasteiger partial charge is 0.171 e. The average molecular weight is 285 g/mol. The number of hydrogen-bond acceptors (Lipinski definition) is 4.